The maximum absolute atomic E-state index is 12.3. The first-order valence-corrected chi connectivity index (χ1v) is 9.11. The van der Waals surface area contributed by atoms with E-state index < -0.39 is 18.0 Å². The van der Waals surface area contributed by atoms with Crippen molar-refractivity contribution < 1.29 is 19.1 Å². The Morgan fingerprint density at radius 1 is 1.29 bits per heavy atom. The summed E-state index contributed by atoms with van der Waals surface area (Å²) < 4.78 is 5.15. The Bertz CT molecular complexity index is 415. The van der Waals surface area contributed by atoms with Crippen LogP contribution in [0.25, 0.3) is 0 Å². The maximum atomic E-state index is 12.3. The molecule has 0 amide bonds. The number of thioether (sulfide) groups is 1. The van der Waals surface area contributed by atoms with Gasteiger partial charge in [0.1, 0.15) is 0 Å². The van der Waals surface area contributed by atoms with Crippen molar-refractivity contribution >= 4 is 29.3 Å². The first-order chi connectivity index (χ1) is 10.0. The van der Waals surface area contributed by atoms with Crippen molar-refractivity contribution in [1.82, 2.24) is 0 Å². The molecule has 0 aromatic carbocycles. The smallest absolute Gasteiger partial charge is 0.325 e. The van der Waals surface area contributed by atoms with E-state index >= 15 is 0 Å². The summed E-state index contributed by atoms with van der Waals surface area (Å²) >= 11 is 1.62. The summed E-state index contributed by atoms with van der Waals surface area (Å²) in [6, 6.07) is 0. The summed E-state index contributed by atoms with van der Waals surface area (Å²) in [5.74, 6) is -1.97. The molecule has 0 radical (unpaired) electrons. The van der Waals surface area contributed by atoms with Crippen LogP contribution >= 0.6 is 11.8 Å². The van der Waals surface area contributed by atoms with Crippen LogP contribution in [-0.4, -0.2) is 35.1 Å². The van der Waals surface area contributed by atoms with E-state index in [1.807, 2.05) is 13.2 Å². The highest BCUT2D eigenvalue weighted by Crippen LogP contribution is 2.30. The molecule has 0 N–H and O–H groups in total. The molecule has 1 aliphatic heterocycles. The van der Waals surface area contributed by atoms with Gasteiger partial charge in [0.05, 0.1) is 0 Å². The molecule has 3 unspecified atom stereocenters. The van der Waals surface area contributed by atoms with Crippen LogP contribution in [0.2, 0.25) is 0 Å². The normalized spacial score (nSPS) is 28.5. The lowest BCUT2D eigenvalue weighted by Crippen LogP contribution is -2.30. The Labute approximate surface area is 130 Å². The quantitative estimate of drug-likeness (QED) is 0.557. The molecule has 2 aliphatic rings. The SMILES string of the molecule is CSC(C)CC1OC(=O)C(C(=O)CC2CCCCC2)C1=O. The molecule has 0 bridgehead atoms. The number of carbonyl (C=O) groups is 3. The van der Waals surface area contributed by atoms with Crippen LogP contribution in [-0.2, 0) is 19.1 Å². The van der Waals surface area contributed by atoms with Gasteiger partial charge in [-0.05, 0) is 12.2 Å². The molecule has 1 saturated heterocycles. The predicted molar refractivity (Wildman–Crippen MR) is 82.2 cm³/mol. The molecule has 118 valence electrons. The molecule has 0 spiro atoms. The molecule has 0 aromatic rings. The third-order valence-electron chi connectivity index (χ3n) is 4.58. The lowest BCUT2D eigenvalue weighted by molar-refractivity contribution is -0.147. The summed E-state index contributed by atoms with van der Waals surface area (Å²) in [7, 11) is 0. The molecule has 1 saturated carbocycles. The van der Waals surface area contributed by atoms with E-state index in [9.17, 15) is 14.4 Å². The van der Waals surface area contributed by atoms with Crippen LogP contribution < -0.4 is 0 Å². The zero-order valence-electron chi connectivity index (χ0n) is 12.8. The van der Waals surface area contributed by atoms with Crippen LogP contribution in [0.4, 0.5) is 0 Å². The third-order valence-corrected chi connectivity index (χ3v) is 5.58. The fourth-order valence-corrected chi connectivity index (χ4v) is 3.58. The molecular weight excluding hydrogens is 288 g/mol. The van der Waals surface area contributed by atoms with Crippen LogP contribution in [0, 0.1) is 11.8 Å². The number of carbonyl (C=O) groups excluding carboxylic acids is 3. The van der Waals surface area contributed by atoms with Crippen LogP contribution in [0.3, 0.4) is 0 Å². The minimum Gasteiger partial charge on any atom is -0.453 e. The number of ether oxygens (including phenoxy) is 1. The zero-order chi connectivity index (χ0) is 15.4. The molecule has 21 heavy (non-hydrogen) atoms. The largest absolute Gasteiger partial charge is 0.453 e. The van der Waals surface area contributed by atoms with Gasteiger partial charge in [-0.15, -0.1) is 0 Å². The van der Waals surface area contributed by atoms with E-state index in [-0.39, 0.29) is 16.8 Å². The molecule has 1 heterocycles. The second-order valence-corrected chi connectivity index (χ2v) is 7.49. The minimum atomic E-state index is -1.15. The Balaban J connectivity index is 1.93. The van der Waals surface area contributed by atoms with Gasteiger partial charge in [0.2, 0.25) is 0 Å². The maximum Gasteiger partial charge on any atom is 0.325 e. The van der Waals surface area contributed by atoms with Gasteiger partial charge < -0.3 is 4.74 Å². The van der Waals surface area contributed by atoms with Crippen molar-refractivity contribution in [2.45, 2.75) is 63.2 Å². The molecule has 0 aromatic heterocycles. The van der Waals surface area contributed by atoms with Crippen molar-refractivity contribution in [2.24, 2.45) is 11.8 Å². The van der Waals surface area contributed by atoms with E-state index in [0.29, 0.717) is 18.8 Å². The van der Waals surface area contributed by atoms with Gasteiger partial charge in [-0.3, -0.25) is 14.4 Å². The number of esters is 1. The van der Waals surface area contributed by atoms with Crippen molar-refractivity contribution in [3.05, 3.63) is 0 Å². The van der Waals surface area contributed by atoms with Gasteiger partial charge in [0, 0.05) is 18.1 Å². The number of cyclic esters (lactones) is 1. The first-order valence-electron chi connectivity index (χ1n) is 7.82. The highest BCUT2D eigenvalue weighted by molar-refractivity contribution is 7.99. The van der Waals surface area contributed by atoms with E-state index in [1.165, 1.54) is 6.42 Å². The Hall–Kier alpha value is -0.840. The van der Waals surface area contributed by atoms with Gasteiger partial charge in [0.25, 0.3) is 0 Å². The Kier molecular flexibility index (Phi) is 5.85. The highest BCUT2D eigenvalue weighted by atomic mass is 32.2. The topological polar surface area (TPSA) is 60.4 Å². The number of Topliss-reactive ketones (excluding diaryl/α,β-unsaturated/α-hetero) is 2. The fourth-order valence-electron chi connectivity index (χ4n) is 3.21. The third kappa shape index (κ3) is 4.09. The average molecular weight is 312 g/mol. The zero-order valence-corrected chi connectivity index (χ0v) is 13.6. The van der Waals surface area contributed by atoms with Gasteiger partial charge in [-0.25, -0.2) is 0 Å². The summed E-state index contributed by atoms with van der Waals surface area (Å²) in [6.07, 6.45) is 7.68. The van der Waals surface area contributed by atoms with Gasteiger partial charge in [-0.2, -0.15) is 11.8 Å². The number of hydrogen-bond donors (Lipinski definition) is 0. The van der Waals surface area contributed by atoms with E-state index in [0.717, 1.165) is 25.7 Å². The molecule has 1 aliphatic carbocycles. The second-order valence-electron chi connectivity index (χ2n) is 6.22. The van der Waals surface area contributed by atoms with Crippen molar-refractivity contribution in [3.63, 3.8) is 0 Å². The van der Waals surface area contributed by atoms with Crippen molar-refractivity contribution in [3.8, 4) is 0 Å². The fraction of sp³-hybridized carbons (Fsp3) is 0.812. The molecular formula is C16H24O4S. The standard InChI is InChI=1S/C16H24O4S/c1-10(21-2)8-13-15(18)14(16(19)20-13)12(17)9-11-6-4-3-5-7-11/h10-11,13-14H,3-9H2,1-2H3. The van der Waals surface area contributed by atoms with Crippen LogP contribution in [0.5, 0.6) is 0 Å². The Morgan fingerprint density at radius 3 is 2.57 bits per heavy atom. The summed E-state index contributed by atoms with van der Waals surface area (Å²) in [4.78, 5) is 36.5. The lowest BCUT2D eigenvalue weighted by Gasteiger charge is -2.21. The summed E-state index contributed by atoms with van der Waals surface area (Å²) in [5.41, 5.74) is 0. The first kappa shape index (κ1) is 16.5. The second kappa shape index (κ2) is 7.43. The molecule has 2 fully saturated rings. The highest BCUT2D eigenvalue weighted by Gasteiger charge is 2.47. The summed E-state index contributed by atoms with van der Waals surface area (Å²) in [5, 5.41) is 0.235. The number of rotatable bonds is 6. The van der Waals surface area contributed by atoms with Crippen LogP contribution in [0.1, 0.15) is 51.9 Å². The molecule has 4 nitrogen and oxygen atoms in total. The van der Waals surface area contributed by atoms with E-state index in [1.54, 1.807) is 11.8 Å². The number of ketones is 2. The average Bonchev–Trinajstić information content (AvgIpc) is 2.74. The summed E-state index contributed by atoms with van der Waals surface area (Å²) in [6.45, 7) is 1.99. The molecule has 3 atom stereocenters. The van der Waals surface area contributed by atoms with Gasteiger partial charge in [-0.1, -0.05) is 39.0 Å². The van der Waals surface area contributed by atoms with E-state index in [2.05, 4.69) is 0 Å². The molecule has 5 heteroatoms. The van der Waals surface area contributed by atoms with Crippen LogP contribution in [0.15, 0.2) is 0 Å². The van der Waals surface area contributed by atoms with Crippen molar-refractivity contribution in [1.29, 1.82) is 0 Å². The number of hydrogen-bond acceptors (Lipinski definition) is 5. The van der Waals surface area contributed by atoms with Gasteiger partial charge in [0.15, 0.2) is 23.6 Å². The Morgan fingerprint density at radius 2 is 1.95 bits per heavy atom. The van der Waals surface area contributed by atoms with E-state index in [4.69, 9.17) is 4.74 Å². The predicted octanol–water partition coefficient (Wildman–Crippen LogP) is 2.78. The monoisotopic (exact) mass is 312 g/mol. The minimum absolute atomic E-state index is 0.226. The molecule has 2 rings (SSSR count). The van der Waals surface area contributed by atoms with Gasteiger partial charge >= 0.3 is 5.97 Å². The lowest BCUT2D eigenvalue weighted by atomic mass is 9.82. The van der Waals surface area contributed by atoms with Crippen molar-refractivity contribution in [2.75, 3.05) is 6.26 Å².